The molecule has 0 unspecified atom stereocenters. The smallest absolute Gasteiger partial charge is 0.224 e. The lowest BCUT2D eigenvalue weighted by atomic mass is 9.97. The van der Waals surface area contributed by atoms with Crippen molar-refractivity contribution in [2.45, 2.75) is 40.0 Å². The van der Waals surface area contributed by atoms with Gasteiger partial charge in [-0.15, -0.1) is 0 Å². The van der Waals surface area contributed by atoms with E-state index in [0.717, 1.165) is 24.0 Å². The van der Waals surface area contributed by atoms with E-state index < -0.39 is 0 Å². The van der Waals surface area contributed by atoms with E-state index in [1.165, 1.54) is 0 Å². The predicted molar refractivity (Wildman–Crippen MR) is 80.2 cm³/mol. The number of ketones is 1. The Bertz CT molecular complexity index is 570. The number of amides is 1. The van der Waals surface area contributed by atoms with Gasteiger partial charge in [-0.1, -0.05) is 45.0 Å². The first kappa shape index (κ1) is 14.5. The van der Waals surface area contributed by atoms with Crippen LogP contribution in [0.25, 0.3) is 5.57 Å². The van der Waals surface area contributed by atoms with E-state index in [1.807, 2.05) is 31.2 Å². The summed E-state index contributed by atoms with van der Waals surface area (Å²) >= 11 is 0. The van der Waals surface area contributed by atoms with Crippen molar-refractivity contribution in [1.82, 2.24) is 5.32 Å². The second-order valence-corrected chi connectivity index (χ2v) is 5.62. The summed E-state index contributed by atoms with van der Waals surface area (Å²) in [7, 11) is 0. The van der Waals surface area contributed by atoms with Crippen molar-refractivity contribution in [2.24, 2.45) is 5.92 Å². The minimum Gasteiger partial charge on any atom is -0.323 e. The molecule has 0 fully saturated rings. The highest BCUT2D eigenvalue weighted by molar-refractivity contribution is 6.21. The van der Waals surface area contributed by atoms with Crippen molar-refractivity contribution in [3.8, 4) is 0 Å². The van der Waals surface area contributed by atoms with Gasteiger partial charge in [0.15, 0.2) is 0 Å². The number of Topliss-reactive ketones (excluding diaryl/α,β-unsaturated/α-hetero) is 1. The van der Waals surface area contributed by atoms with Gasteiger partial charge in [0.2, 0.25) is 11.7 Å². The molecule has 106 valence electrons. The zero-order chi connectivity index (χ0) is 14.7. The number of nitrogens with one attached hydrogen (secondary N) is 1. The fourth-order valence-corrected chi connectivity index (χ4v) is 2.53. The van der Waals surface area contributed by atoms with E-state index in [4.69, 9.17) is 0 Å². The number of carbonyl (C=O) groups excluding carboxylic acids is 2. The molecule has 0 radical (unpaired) electrons. The van der Waals surface area contributed by atoms with Crippen LogP contribution in [0.15, 0.2) is 30.0 Å². The summed E-state index contributed by atoms with van der Waals surface area (Å²) in [4.78, 5) is 24.3. The van der Waals surface area contributed by atoms with Gasteiger partial charge in [-0.25, -0.2) is 0 Å². The third kappa shape index (κ3) is 2.82. The fraction of sp³-hybridized carbons (Fsp3) is 0.412. The van der Waals surface area contributed by atoms with E-state index in [1.54, 1.807) is 0 Å². The molecule has 20 heavy (non-hydrogen) atoms. The molecule has 1 amide bonds. The highest BCUT2D eigenvalue weighted by atomic mass is 16.2. The van der Waals surface area contributed by atoms with E-state index in [2.05, 4.69) is 19.2 Å². The van der Waals surface area contributed by atoms with Crippen LogP contribution in [-0.2, 0) is 4.79 Å². The van der Waals surface area contributed by atoms with Gasteiger partial charge >= 0.3 is 0 Å². The average Bonchev–Trinajstić information content (AvgIpc) is 2.65. The van der Waals surface area contributed by atoms with E-state index >= 15 is 0 Å². The van der Waals surface area contributed by atoms with Crippen LogP contribution in [-0.4, -0.2) is 11.7 Å². The Hall–Kier alpha value is -1.90. The third-order valence-corrected chi connectivity index (χ3v) is 3.38. The number of fused-ring (bicyclic) bond motifs is 1. The molecule has 1 aliphatic carbocycles. The van der Waals surface area contributed by atoms with Crippen LogP contribution in [0.4, 0.5) is 0 Å². The first-order chi connectivity index (χ1) is 9.54. The molecule has 1 aromatic rings. The van der Waals surface area contributed by atoms with Gasteiger partial charge in [0.05, 0.1) is 5.70 Å². The number of allylic oxidation sites excluding steroid dienone is 2. The number of benzene rings is 1. The summed E-state index contributed by atoms with van der Waals surface area (Å²) in [5, 5.41) is 2.82. The number of hydrogen-bond donors (Lipinski definition) is 1. The molecule has 2 rings (SSSR count). The van der Waals surface area contributed by atoms with Crippen LogP contribution in [0, 0.1) is 5.92 Å². The molecule has 0 bridgehead atoms. The lowest BCUT2D eigenvalue weighted by molar-refractivity contribution is -0.120. The highest BCUT2D eigenvalue weighted by Gasteiger charge is 2.30. The zero-order valence-electron chi connectivity index (χ0n) is 12.3. The molecule has 0 aliphatic heterocycles. The number of hydrogen-bond acceptors (Lipinski definition) is 2. The van der Waals surface area contributed by atoms with Gasteiger partial charge in [-0.3, -0.25) is 9.59 Å². The molecular weight excluding hydrogens is 250 g/mol. The molecule has 0 saturated carbocycles. The maximum absolute atomic E-state index is 12.5. The lowest BCUT2D eigenvalue weighted by Gasteiger charge is -2.11. The molecule has 3 nitrogen and oxygen atoms in total. The topological polar surface area (TPSA) is 46.2 Å². The van der Waals surface area contributed by atoms with Crippen LogP contribution in [0.2, 0.25) is 0 Å². The molecule has 0 aromatic heterocycles. The second-order valence-electron chi connectivity index (χ2n) is 5.62. The number of rotatable bonds is 5. The van der Waals surface area contributed by atoms with Gasteiger partial charge in [-0.2, -0.15) is 0 Å². The third-order valence-electron chi connectivity index (χ3n) is 3.38. The standard InChI is InChI=1S/C17H21NO2/c1-4-7-15(19)18-16-14(10-11(2)3)12-8-5-6-9-13(12)17(16)20/h5-6,8-9,11H,4,7,10H2,1-3H3,(H,18,19,20). The van der Waals surface area contributed by atoms with Crippen LogP contribution in [0.1, 0.15) is 56.0 Å². The van der Waals surface area contributed by atoms with Crippen LogP contribution in [0.3, 0.4) is 0 Å². The minimum absolute atomic E-state index is 0.0549. The second kappa shape index (κ2) is 6.04. The first-order valence-corrected chi connectivity index (χ1v) is 7.21. The Morgan fingerprint density at radius 3 is 2.45 bits per heavy atom. The summed E-state index contributed by atoms with van der Waals surface area (Å²) in [5.41, 5.74) is 3.14. The Morgan fingerprint density at radius 2 is 1.85 bits per heavy atom. The molecule has 0 saturated heterocycles. The molecule has 0 spiro atoms. The van der Waals surface area contributed by atoms with Gasteiger partial charge in [0, 0.05) is 12.0 Å². The predicted octanol–water partition coefficient (Wildman–Crippen LogP) is 3.56. The molecule has 3 heteroatoms. The van der Waals surface area contributed by atoms with Gasteiger partial charge < -0.3 is 5.32 Å². The normalized spacial score (nSPS) is 13.9. The summed E-state index contributed by atoms with van der Waals surface area (Å²) in [6, 6.07) is 7.59. The highest BCUT2D eigenvalue weighted by Crippen LogP contribution is 2.35. The quantitative estimate of drug-likeness (QED) is 0.890. The van der Waals surface area contributed by atoms with E-state index in [-0.39, 0.29) is 11.7 Å². The SMILES string of the molecule is CCCC(=O)NC1=C(CC(C)C)c2ccccc2C1=O. The Balaban J connectivity index is 2.38. The Morgan fingerprint density at radius 1 is 1.20 bits per heavy atom. The minimum atomic E-state index is -0.0788. The summed E-state index contributed by atoms with van der Waals surface area (Å²) in [6.45, 7) is 6.18. The maximum Gasteiger partial charge on any atom is 0.224 e. The molecule has 0 heterocycles. The average molecular weight is 271 g/mol. The zero-order valence-corrected chi connectivity index (χ0v) is 12.3. The van der Waals surface area contributed by atoms with E-state index in [0.29, 0.717) is 23.6 Å². The Labute approximate surface area is 120 Å². The molecule has 0 atom stereocenters. The first-order valence-electron chi connectivity index (χ1n) is 7.21. The van der Waals surface area contributed by atoms with Gasteiger partial charge in [0.1, 0.15) is 0 Å². The summed E-state index contributed by atoms with van der Waals surface area (Å²) in [6.07, 6.45) is 2.02. The van der Waals surface area contributed by atoms with Crippen molar-refractivity contribution in [3.63, 3.8) is 0 Å². The molecular formula is C17H21NO2. The van der Waals surface area contributed by atoms with Gasteiger partial charge in [-0.05, 0) is 29.9 Å². The molecule has 1 N–H and O–H groups in total. The largest absolute Gasteiger partial charge is 0.323 e. The van der Waals surface area contributed by atoms with Crippen LogP contribution in [0.5, 0.6) is 0 Å². The maximum atomic E-state index is 12.5. The van der Waals surface area contributed by atoms with Crippen LogP contribution < -0.4 is 5.32 Å². The van der Waals surface area contributed by atoms with Gasteiger partial charge in [0.25, 0.3) is 0 Å². The van der Waals surface area contributed by atoms with Crippen molar-refractivity contribution in [2.75, 3.05) is 0 Å². The Kier molecular flexibility index (Phi) is 4.38. The summed E-state index contributed by atoms with van der Waals surface area (Å²) in [5.74, 6) is 0.299. The van der Waals surface area contributed by atoms with Crippen molar-refractivity contribution in [3.05, 3.63) is 41.1 Å². The molecule has 1 aliphatic rings. The van der Waals surface area contributed by atoms with Crippen molar-refractivity contribution < 1.29 is 9.59 Å². The van der Waals surface area contributed by atoms with Crippen molar-refractivity contribution >= 4 is 17.3 Å². The summed E-state index contributed by atoms with van der Waals surface area (Å²) < 4.78 is 0. The lowest BCUT2D eigenvalue weighted by Crippen LogP contribution is -2.26. The fourth-order valence-electron chi connectivity index (χ4n) is 2.53. The van der Waals surface area contributed by atoms with E-state index in [9.17, 15) is 9.59 Å². The number of carbonyl (C=O) groups is 2. The molecule has 1 aromatic carbocycles. The van der Waals surface area contributed by atoms with Crippen molar-refractivity contribution in [1.29, 1.82) is 0 Å². The monoisotopic (exact) mass is 271 g/mol. The van der Waals surface area contributed by atoms with Crippen LogP contribution >= 0.6 is 0 Å².